The Balaban J connectivity index is 2.68. The van der Waals surface area contributed by atoms with Gasteiger partial charge < -0.3 is 9.47 Å². The van der Waals surface area contributed by atoms with Crippen molar-refractivity contribution in [3.8, 4) is 11.5 Å². The van der Waals surface area contributed by atoms with Gasteiger partial charge in [-0.1, -0.05) is 58.1 Å². The molecule has 0 saturated heterocycles. The Morgan fingerprint density at radius 2 is 1.57 bits per heavy atom. The Morgan fingerprint density at radius 1 is 0.913 bits per heavy atom. The average molecular weight is 320 g/mol. The van der Waals surface area contributed by atoms with Crippen molar-refractivity contribution in [1.82, 2.24) is 0 Å². The fourth-order valence-corrected chi connectivity index (χ4v) is 2.51. The fourth-order valence-electron chi connectivity index (χ4n) is 2.51. The maximum absolute atomic E-state index is 12.4. The van der Waals surface area contributed by atoms with E-state index in [-0.39, 0.29) is 17.6 Å². The van der Waals surface area contributed by atoms with Crippen LogP contribution in [0, 0.1) is 5.92 Å². The molecule has 4 heteroatoms. The molecule has 128 valence electrons. The number of hydrogen-bond acceptors (Lipinski definition) is 4. The molecule has 1 unspecified atom stereocenters. The molecular weight excluding hydrogens is 292 g/mol. The zero-order chi connectivity index (χ0) is 17.1. The van der Waals surface area contributed by atoms with Gasteiger partial charge in [-0.15, -0.1) is 0 Å². The highest BCUT2D eigenvalue weighted by atomic mass is 16.6. The third-order valence-electron chi connectivity index (χ3n) is 3.69. The van der Waals surface area contributed by atoms with Crippen LogP contribution in [0.5, 0.6) is 11.5 Å². The van der Waals surface area contributed by atoms with E-state index >= 15 is 0 Å². The van der Waals surface area contributed by atoms with Gasteiger partial charge in [0.2, 0.25) is 0 Å². The lowest BCUT2D eigenvalue weighted by atomic mass is 9.96. The van der Waals surface area contributed by atoms with Gasteiger partial charge in [-0.2, -0.15) is 0 Å². The summed E-state index contributed by atoms with van der Waals surface area (Å²) in [5, 5.41) is 0. The number of hydrogen-bond donors (Lipinski definition) is 0. The molecule has 0 aromatic heterocycles. The lowest BCUT2D eigenvalue weighted by Gasteiger charge is -2.16. The van der Waals surface area contributed by atoms with Gasteiger partial charge in [0.25, 0.3) is 0 Å². The van der Waals surface area contributed by atoms with Crippen molar-refractivity contribution in [1.29, 1.82) is 0 Å². The van der Waals surface area contributed by atoms with Crippen molar-refractivity contribution in [3.05, 3.63) is 24.3 Å². The molecule has 0 bridgehead atoms. The second kappa shape index (κ2) is 10.8. The summed E-state index contributed by atoms with van der Waals surface area (Å²) >= 11 is 0. The standard InChI is InChI=1S/C19H28O4/c1-4-6-7-8-12-16(11-5-2)19(21)23-18-14-10-9-13-17(18)22-15(3)20/h9-10,13-14,16H,4-8,11-12H2,1-3H3. The quantitative estimate of drug-likeness (QED) is 0.349. The predicted octanol–water partition coefficient (Wildman–Crippen LogP) is 4.90. The SMILES string of the molecule is CCCCCCC(CCC)C(=O)Oc1ccccc1OC(C)=O. The molecule has 1 rings (SSSR count). The Hall–Kier alpha value is -1.84. The van der Waals surface area contributed by atoms with Crippen LogP contribution in [0.2, 0.25) is 0 Å². The summed E-state index contributed by atoms with van der Waals surface area (Å²) in [6, 6.07) is 6.77. The fraction of sp³-hybridized carbons (Fsp3) is 0.579. The molecule has 1 aromatic rings. The van der Waals surface area contributed by atoms with E-state index in [0.717, 1.165) is 32.1 Å². The lowest BCUT2D eigenvalue weighted by Crippen LogP contribution is -2.21. The van der Waals surface area contributed by atoms with Gasteiger partial charge in [-0.05, 0) is 25.0 Å². The van der Waals surface area contributed by atoms with Crippen molar-refractivity contribution in [2.45, 2.75) is 65.7 Å². The van der Waals surface area contributed by atoms with Crippen LogP contribution in [0.1, 0.15) is 65.7 Å². The summed E-state index contributed by atoms with van der Waals surface area (Å²) in [6.07, 6.45) is 7.18. The maximum Gasteiger partial charge on any atom is 0.314 e. The number of rotatable bonds is 10. The minimum Gasteiger partial charge on any atom is -0.423 e. The van der Waals surface area contributed by atoms with E-state index in [2.05, 4.69) is 13.8 Å². The highest BCUT2D eigenvalue weighted by molar-refractivity contribution is 5.77. The summed E-state index contributed by atoms with van der Waals surface area (Å²) in [5.41, 5.74) is 0. The third kappa shape index (κ3) is 7.31. The van der Waals surface area contributed by atoms with Crippen LogP contribution < -0.4 is 9.47 Å². The molecule has 0 amide bonds. The van der Waals surface area contributed by atoms with Crippen LogP contribution >= 0.6 is 0 Å². The van der Waals surface area contributed by atoms with E-state index in [1.54, 1.807) is 24.3 Å². The van der Waals surface area contributed by atoms with E-state index < -0.39 is 5.97 Å². The summed E-state index contributed by atoms with van der Waals surface area (Å²) in [5.74, 6) is -0.166. The largest absolute Gasteiger partial charge is 0.423 e. The molecule has 0 fully saturated rings. The van der Waals surface area contributed by atoms with Crippen LogP contribution in [-0.2, 0) is 9.59 Å². The molecule has 4 nitrogen and oxygen atoms in total. The summed E-state index contributed by atoms with van der Waals surface area (Å²) in [4.78, 5) is 23.6. The molecule has 1 aromatic carbocycles. The van der Waals surface area contributed by atoms with E-state index in [1.807, 2.05) is 0 Å². The summed E-state index contributed by atoms with van der Waals surface area (Å²) < 4.78 is 10.6. The van der Waals surface area contributed by atoms with E-state index in [9.17, 15) is 9.59 Å². The second-order valence-corrected chi connectivity index (χ2v) is 5.80. The molecule has 0 heterocycles. The van der Waals surface area contributed by atoms with Gasteiger partial charge in [0, 0.05) is 6.92 Å². The number of ether oxygens (including phenoxy) is 2. The van der Waals surface area contributed by atoms with Crippen LogP contribution in [-0.4, -0.2) is 11.9 Å². The summed E-state index contributed by atoms with van der Waals surface area (Å²) in [7, 11) is 0. The van der Waals surface area contributed by atoms with E-state index in [4.69, 9.17) is 9.47 Å². The van der Waals surface area contributed by atoms with Crippen molar-refractivity contribution < 1.29 is 19.1 Å². The van der Waals surface area contributed by atoms with Crippen LogP contribution in [0.3, 0.4) is 0 Å². The topological polar surface area (TPSA) is 52.6 Å². The smallest absolute Gasteiger partial charge is 0.314 e. The molecule has 1 atom stereocenters. The van der Waals surface area contributed by atoms with E-state index in [1.165, 1.54) is 19.8 Å². The molecule has 0 N–H and O–H groups in total. The van der Waals surface area contributed by atoms with Gasteiger partial charge in [0.1, 0.15) is 0 Å². The molecule has 23 heavy (non-hydrogen) atoms. The lowest BCUT2D eigenvalue weighted by molar-refractivity contribution is -0.140. The average Bonchev–Trinajstić information content (AvgIpc) is 2.51. The first-order valence-corrected chi connectivity index (χ1v) is 8.57. The van der Waals surface area contributed by atoms with Crippen molar-refractivity contribution >= 4 is 11.9 Å². The number of esters is 2. The minimum atomic E-state index is -0.432. The van der Waals surface area contributed by atoms with Crippen LogP contribution in [0.4, 0.5) is 0 Å². The molecule has 0 radical (unpaired) electrons. The van der Waals surface area contributed by atoms with Crippen LogP contribution in [0.15, 0.2) is 24.3 Å². The number of carbonyl (C=O) groups excluding carboxylic acids is 2. The Labute approximate surface area is 139 Å². The van der Waals surface area contributed by atoms with Crippen LogP contribution in [0.25, 0.3) is 0 Å². The zero-order valence-corrected chi connectivity index (χ0v) is 14.5. The first-order valence-electron chi connectivity index (χ1n) is 8.57. The molecule has 0 spiro atoms. The molecule has 0 aliphatic carbocycles. The molecule has 0 aliphatic heterocycles. The molecular formula is C19H28O4. The predicted molar refractivity (Wildman–Crippen MR) is 90.5 cm³/mol. The normalized spacial score (nSPS) is 11.8. The van der Waals surface area contributed by atoms with Gasteiger partial charge in [0.05, 0.1) is 5.92 Å². The van der Waals surface area contributed by atoms with Gasteiger partial charge in [-0.3, -0.25) is 9.59 Å². The zero-order valence-electron chi connectivity index (χ0n) is 14.5. The van der Waals surface area contributed by atoms with Gasteiger partial charge in [0.15, 0.2) is 11.5 Å². The van der Waals surface area contributed by atoms with Gasteiger partial charge >= 0.3 is 11.9 Å². The van der Waals surface area contributed by atoms with E-state index in [0.29, 0.717) is 5.75 Å². The minimum absolute atomic E-state index is 0.0951. The maximum atomic E-state index is 12.4. The number of unbranched alkanes of at least 4 members (excludes halogenated alkanes) is 3. The number of benzene rings is 1. The van der Waals surface area contributed by atoms with Crippen molar-refractivity contribution in [3.63, 3.8) is 0 Å². The highest BCUT2D eigenvalue weighted by Crippen LogP contribution is 2.28. The molecule has 0 aliphatic rings. The summed E-state index contributed by atoms with van der Waals surface area (Å²) in [6.45, 7) is 5.56. The molecule has 0 saturated carbocycles. The van der Waals surface area contributed by atoms with Crippen molar-refractivity contribution in [2.75, 3.05) is 0 Å². The number of para-hydroxylation sites is 2. The Bertz CT molecular complexity index is 496. The Kier molecular flexibility index (Phi) is 9.03. The first kappa shape index (κ1) is 19.2. The van der Waals surface area contributed by atoms with Gasteiger partial charge in [-0.25, -0.2) is 0 Å². The van der Waals surface area contributed by atoms with Crippen molar-refractivity contribution in [2.24, 2.45) is 5.92 Å². The third-order valence-corrected chi connectivity index (χ3v) is 3.69. The number of carbonyl (C=O) groups is 2. The monoisotopic (exact) mass is 320 g/mol. The Morgan fingerprint density at radius 3 is 2.13 bits per heavy atom. The first-order chi connectivity index (χ1) is 11.1. The highest BCUT2D eigenvalue weighted by Gasteiger charge is 2.21. The second-order valence-electron chi connectivity index (χ2n) is 5.80.